The fraction of sp³-hybridized carbons (Fsp3) is 0.200. The predicted molar refractivity (Wildman–Crippen MR) is 86.6 cm³/mol. The number of halogens is 3. The SMILES string of the molecule is CCS(=O)Cn1ncc2ncc(-c3cc(F)c(Cl)c(F)c3)cc21. The van der Waals surface area contributed by atoms with Gasteiger partial charge in [-0.25, -0.2) is 8.78 Å². The number of fused-ring (bicyclic) bond motifs is 1. The van der Waals surface area contributed by atoms with E-state index >= 15 is 0 Å². The van der Waals surface area contributed by atoms with Crippen molar-refractivity contribution in [3.63, 3.8) is 0 Å². The largest absolute Gasteiger partial charge is 0.258 e. The van der Waals surface area contributed by atoms with Crippen molar-refractivity contribution in [1.29, 1.82) is 0 Å². The lowest BCUT2D eigenvalue weighted by Crippen LogP contribution is -2.07. The first-order valence-electron chi connectivity index (χ1n) is 6.81. The Labute approximate surface area is 138 Å². The van der Waals surface area contributed by atoms with Crippen LogP contribution in [0.25, 0.3) is 22.2 Å². The van der Waals surface area contributed by atoms with E-state index in [9.17, 15) is 13.0 Å². The molecule has 0 bridgehead atoms. The highest BCUT2D eigenvalue weighted by Gasteiger charge is 2.12. The average molecular weight is 356 g/mol. The van der Waals surface area contributed by atoms with E-state index in [2.05, 4.69) is 10.1 Å². The Morgan fingerprint density at radius 3 is 2.52 bits per heavy atom. The maximum Gasteiger partial charge on any atom is 0.145 e. The normalized spacial score (nSPS) is 12.7. The van der Waals surface area contributed by atoms with Crippen molar-refractivity contribution >= 4 is 33.4 Å². The third kappa shape index (κ3) is 3.11. The van der Waals surface area contributed by atoms with Gasteiger partial charge in [0.15, 0.2) is 0 Å². The molecule has 4 nitrogen and oxygen atoms in total. The number of hydrogen-bond acceptors (Lipinski definition) is 3. The van der Waals surface area contributed by atoms with Crippen LogP contribution >= 0.6 is 11.6 Å². The standard InChI is InChI=1S/C15H12ClF2N3OS/c1-2-23(22)8-21-14-5-10(6-19-13(14)7-20-21)9-3-11(17)15(16)12(18)4-9/h3-7H,2,8H2,1H3. The van der Waals surface area contributed by atoms with Gasteiger partial charge in [0, 0.05) is 28.3 Å². The monoisotopic (exact) mass is 355 g/mol. The summed E-state index contributed by atoms with van der Waals surface area (Å²) in [5.41, 5.74) is 2.12. The minimum Gasteiger partial charge on any atom is -0.258 e. The zero-order chi connectivity index (χ0) is 16.6. The zero-order valence-corrected chi connectivity index (χ0v) is 13.7. The molecule has 0 aliphatic carbocycles. The van der Waals surface area contributed by atoms with Gasteiger partial charge in [-0.3, -0.25) is 13.9 Å². The molecule has 0 radical (unpaired) electrons. The third-order valence-corrected chi connectivity index (χ3v) is 4.94. The lowest BCUT2D eigenvalue weighted by molar-refractivity contribution is 0.585. The summed E-state index contributed by atoms with van der Waals surface area (Å²) in [5, 5.41) is 3.62. The highest BCUT2D eigenvalue weighted by atomic mass is 35.5. The Hall–Kier alpha value is -1.86. The van der Waals surface area contributed by atoms with Gasteiger partial charge in [-0.2, -0.15) is 5.10 Å². The molecule has 1 unspecified atom stereocenters. The van der Waals surface area contributed by atoms with E-state index in [1.54, 1.807) is 16.9 Å². The molecule has 8 heteroatoms. The van der Waals surface area contributed by atoms with Crippen LogP contribution in [0.15, 0.2) is 30.6 Å². The number of aromatic nitrogens is 3. The van der Waals surface area contributed by atoms with E-state index in [0.29, 0.717) is 27.9 Å². The number of rotatable bonds is 4. The predicted octanol–water partition coefficient (Wildman–Crippen LogP) is 3.76. The Kier molecular flexibility index (Phi) is 4.41. The number of hydrogen-bond donors (Lipinski definition) is 0. The molecule has 0 fully saturated rings. The van der Waals surface area contributed by atoms with Gasteiger partial charge in [-0.1, -0.05) is 18.5 Å². The van der Waals surface area contributed by atoms with Crippen LogP contribution in [-0.4, -0.2) is 24.7 Å². The van der Waals surface area contributed by atoms with Crippen molar-refractivity contribution in [3.8, 4) is 11.1 Å². The molecule has 1 aromatic carbocycles. The molecule has 0 N–H and O–H groups in total. The first kappa shape index (κ1) is 16.0. The zero-order valence-electron chi connectivity index (χ0n) is 12.1. The molecule has 3 rings (SSSR count). The highest BCUT2D eigenvalue weighted by molar-refractivity contribution is 7.83. The summed E-state index contributed by atoms with van der Waals surface area (Å²) in [6, 6.07) is 4.02. The summed E-state index contributed by atoms with van der Waals surface area (Å²) in [4.78, 5) is 4.23. The Bertz CT molecular complexity index is 890. The van der Waals surface area contributed by atoms with Crippen molar-refractivity contribution in [2.75, 3.05) is 5.75 Å². The van der Waals surface area contributed by atoms with E-state index in [-0.39, 0.29) is 5.88 Å². The molecule has 23 heavy (non-hydrogen) atoms. The van der Waals surface area contributed by atoms with Crippen LogP contribution in [0.3, 0.4) is 0 Å². The molecule has 120 valence electrons. The van der Waals surface area contributed by atoms with Crippen molar-refractivity contribution in [3.05, 3.63) is 47.2 Å². The second-order valence-electron chi connectivity index (χ2n) is 4.88. The minimum absolute atomic E-state index is 0.245. The van der Waals surface area contributed by atoms with Crippen LogP contribution in [0.2, 0.25) is 5.02 Å². The van der Waals surface area contributed by atoms with Crippen LogP contribution in [0.1, 0.15) is 6.92 Å². The Balaban J connectivity index is 2.09. The average Bonchev–Trinajstić information content (AvgIpc) is 2.94. The van der Waals surface area contributed by atoms with Gasteiger partial charge in [0.25, 0.3) is 0 Å². The van der Waals surface area contributed by atoms with E-state index in [4.69, 9.17) is 11.6 Å². The van der Waals surface area contributed by atoms with Gasteiger partial charge in [0.05, 0.1) is 11.7 Å². The number of benzene rings is 1. The quantitative estimate of drug-likeness (QED) is 0.669. The van der Waals surface area contributed by atoms with Gasteiger partial charge in [0.1, 0.15) is 28.1 Å². The summed E-state index contributed by atoms with van der Waals surface area (Å²) >= 11 is 5.50. The maximum atomic E-state index is 13.6. The van der Waals surface area contributed by atoms with Crippen molar-refractivity contribution in [2.45, 2.75) is 12.8 Å². The summed E-state index contributed by atoms with van der Waals surface area (Å²) in [5.74, 6) is -0.902. The lowest BCUT2D eigenvalue weighted by atomic mass is 10.1. The van der Waals surface area contributed by atoms with Crippen LogP contribution in [0, 0.1) is 11.6 Å². The van der Waals surface area contributed by atoms with E-state index in [1.807, 2.05) is 6.92 Å². The van der Waals surface area contributed by atoms with Gasteiger partial charge in [-0.15, -0.1) is 0 Å². The summed E-state index contributed by atoms with van der Waals surface area (Å²) in [6.07, 6.45) is 3.07. The van der Waals surface area contributed by atoms with Gasteiger partial charge >= 0.3 is 0 Å². The van der Waals surface area contributed by atoms with E-state index < -0.39 is 27.5 Å². The molecular formula is C15H12ClF2N3OS. The van der Waals surface area contributed by atoms with Crippen molar-refractivity contribution in [1.82, 2.24) is 14.8 Å². The van der Waals surface area contributed by atoms with E-state index in [0.717, 1.165) is 12.1 Å². The van der Waals surface area contributed by atoms with Gasteiger partial charge in [0.2, 0.25) is 0 Å². The molecule has 0 spiro atoms. The van der Waals surface area contributed by atoms with Crippen LogP contribution in [0.5, 0.6) is 0 Å². The Morgan fingerprint density at radius 1 is 1.17 bits per heavy atom. The number of nitrogens with zero attached hydrogens (tertiary/aromatic N) is 3. The second kappa shape index (κ2) is 6.33. The molecule has 0 saturated heterocycles. The summed E-state index contributed by atoms with van der Waals surface area (Å²) in [7, 11) is -1.04. The highest BCUT2D eigenvalue weighted by Crippen LogP contribution is 2.28. The molecule has 0 saturated carbocycles. The molecular weight excluding hydrogens is 344 g/mol. The molecule has 2 heterocycles. The van der Waals surface area contributed by atoms with Crippen LogP contribution in [0.4, 0.5) is 8.78 Å². The first-order chi connectivity index (χ1) is 11.0. The Morgan fingerprint density at radius 2 is 1.87 bits per heavy atom. The number of pyridine rings is 1. The van der Waals surface area contributed by atoms with Crippen LogP contribution < -0.4 is 0 Å². The molecule has 2 aromatic heterocycles. The minimum atomic E-state index is -1.04. The van der Waals surface area contributed by atoms with Crippen molar-refractivity contribution < 1.29 is 13.0 Å². The van der Waals surface area contributed by atoms with E-state index in [1.165, 1.54) is 6.20 Å². The third-order valence-electron chi connectivity index (χ3n) is 3.40. The van der Waals surface area contributed by atoms with Gasteiger partial charge < -0.3 is 0 Å². The summed E-state index contributed by atoms with van der Waals surface area (Å²) < 4.78 is 40.6. The molecule has 0 aliphatic rings. The first-order valence-corrected chi connectivity index (χ1v) is 8.67. The van der Waals surface area contributed by atoms with Crippen LogP contribution in [-0.2, 0) is 16.7 Å². The smallest absolute Gasteiger partial charge is 0.145 e. The van der Waals surface area contributed by atoms with Crippen molar-refractivity contribution in [2.24, 2.45) is 0 Å². The topological polar surface area (TPSA) is 47.8 Å². The lowest BCUT2D eigenvalue weighted by Gasteiger charge is -2.06. The molecule has 1 atom stereocenters. The fourth-order valence-electron chi connectivity index (χ4n) is 2.17. The molecule has 0 aliphatic heterocycles. The molecule has 3 aromatic rings. The maximum absolute atomic E-state index is 13.6. The molecule has 0 amide bonds. The fourth-order valence-corrected chi connectivity index (χ4v) is 2.94. The summed E-state index contributed by atoms with van der Waals surface area (Å²) in [6.45, 7) is 1.82. The van der Waals surface area contributed by atoms with Gasteiger partial charge in [-0.05, 0) is 23.8 Å². The second-order valence-corrected chi connectivity index (χ2v) is 6.98.